The van der Waals surface area contributed by atoms with Gasteiger partial charge in [-0.3, -0.25) is 0 Å². The van der Waals surface area contributed by atoms with Crippen molar-refractivity contribution in [2.24, 2.45) is 0 Å². The van der Waals surface area contributed by atoms with Gasteiger partial charge in [0.25, 0.3) is 0 Å². The number of hydrogen-bond donors (Lipinski definition) is 1. The van der Waals surface area contributed by atoms with Gasteiger partial charge in [0.05, 0.1) is 0 Å². The van der Waals surface area contributed by atoms with E-state index in [4.69, 9.17) is 16.0 Å². The molecule has 2 aromatic rings. The van der Waals surface area contributed by atoms with Crippen LogP contribution in [0.5, 0.6) is 0 Å². The Morgan fingerprint density at radius 2 is 2.21 bits per heavy atom. The Morgan fingerprint density at radius 3 is 2.89 bits per heavy atom. The second-order valence-corrected chi connectivity index (χ2v) is 5.76. The molecule has 0 aromatic carbocycles. The molecule has 4 nitrogen and oxygen atoms in total. The summed E-state index contributed by atoms with van der Waals surface area (Å²) in [4.78, 5) is 8.74. The number of halogens is 2. The lowest BCUT2D eigenvalue weighted by Gasteiger charge is -2.06. The van der Waals surface area contributed by atoms with Gasteiger partial charge in [-0.25, -0.2) is 9.97 Å². The normalized spacial score (nSPS) is 14.6. The molecule has 0 amide bonds. The Balaban J connectivity index is 1.60. The van der Waals surface area contributed by atoms with Crippen molar-refractivity contribution in [3.8, 4) is 0 Å². The molecule has 0 unspecified atom stereocenters. The maximum absolute atomic E-state index is 6.01. The van der Waals surface area contributed by atoms with E-state index in [2.05, 4.69) is 31.2 Å². The van der Waals surface area contributed by atoms with Gasteiger partial charge in [0.15, 0.2) is 4.67 Å². The second kappa shape index (κ2) is 5.51. The van der Waals surface area contributed by atoms with Crippen LogP contribution in [0.4, 0.5) is 5.82 Å². The Kier molecular flexibility index (Phi) is 3.75. The summed E-state index contributed by atoms with van der Waals surface area (Å²) in [6.45, 7) is 0.747. The fraction of sp³-hybridized carbons (Fsp3) is 0.385. The highest BCUT2D eigenvalue weighted by atomic mass is 79.9. The monoisotopic (exact) mass is 341 g/mol. The van der Waals surface area contributed by atoms with Crippen LogP contribution in [0.2, 0.25) is 5.15 Å². The van der Waals surface area contributed by atoms with Gasteiger partial charge < -0.3 is 9.73 Å². The molecule has 2 heterocycles. The maximum Gasteiger partial charge on any atom is 0.169 e. The van der Waals surface area contributed by atoms with Crippen LogP contribution in [0.1, 0.15) is 30.3 Å². The van der Waals surface area contributed by atoms with Crippen LogP contribution in [0.15, 0.2) is 27.3 Å². The molecule has 1 aliphatic rings. The highest BCUT2D eigenvalue weighted by molar-refractivity contribution is 9.10. The molecule has 6 heteroatoms. The zero-order valence-corrected chi connectivity index (χ0v) is 12.5. The lowest BCUT2D eigenvalue weighted by atomic mass is 10.3. The van der Waals surface area contributed by atoms with E-state index in [9.17, 15) is 0 Å². The van der Waals surface area contributed by atoms with E-state index in [0.29, 0.717) is 11.1 Å². The Bertz CT molecular complexity index is 583. The lowest BCUT2D eigenvalue weighted by molar-refractivity contribution is 0.491. The molecule has 3 rings (SSSR count). The van der Waals surface area contributed by atoms with E-state index in [1.54, 1.807) is 6.07 Å². The third-order valence-corrected chi connectivity index (χ3v) is 3.58. The summed E-state index contributed by atoms with van der Waals surface area (Å²) in [5, 5.41) is 3.76. The van der Waals surface area contributed by atoms with Crippen LogP contribution in [0.3, 0.4) is 0 Å². The van der Waals surface area contributed by atoms with Crippen molar-refractivity contribution >= 4 is 33.3 Å². The first-order valence-corrected chi connectivity index (χ1v) is 7.40. The summed E-state index contributed by atoms with van der Waals surface area (Å²) in [6.07, 6.45) is 3.13. The van der Waals surface area contributed by atoms with Crippen molar-refractivity contribution in [2.75, 3.05) is 11.9 Å². The predicted octanol–water partition coefficient (Wildman–Crippen LogP) is 4.02. The number of hydrogen-bond acceptors (Lipinski definition) is 4. The number of anilines is 1. The van der Waals surface area contributed by atoms with Gasteiger partial charge >= 0.3 is 0 Å². The fourth-order valence-corrected chi connectivity index (χ4v) is 2.38. The van der Waals surface area contributed by atoms with E-state index >= 15 is 0 Å². The molecule has 0 atom stereocenters. The highest BCUT2D eigenvalue weighted by Gasteiger charge is 2.27. The molecule has 100 valence electrons. The standard InChI is InChI=1S/C13H13BrClN3O/c14-10-4-3-9(19-10)5-6-16-12-7-11(15)17-13(18-12)8-1-2-8/h3-4,7-8H,1-2,5-6H2,(H,16,17,18). The van der Waals surface area contributed by atoms with Crippen molar-refractivity contribution in [1.82, 2.24) is 9.97 Å². The molecule has 2 aromatic heterocycles. The summed E-state index contributed by atoms with van der Waals surface area (Å²) in [6, 6.07) is 5.60. The molecule has 0 saturated heterocycles. The minimum absolute atomic E-state index is 0.500. The minimum Gasteiger partial charge on any atom is -0.454 e. The third-order valence-electron chi connectivity index (χ3n) is 2.96. The Morgan fingerprint density at radius 1 is 1.37 bits per heavy atom. The first-order valence-electron chi connectivity index (χ1n) is 6.23. The number of nitrogens with zero attached hydrogens (tertiary/aromatic N) is 2. The minimum atomic E-state index is 0.500. The van der Waals surface area contributed by atoms with Crippen molar-refractivity contribution in [3.05, 3.63) is 39.6 Å². The van der Waals surface area contributed by atoms with Gasteiger partial charge in [0.1, 0.15) is 22.6 Å². The van der Waals surface area contributed by atoms with Crippen LogP contribution in [0.25, 0.3) is 0 Å². The van der Waals surface area contributed by atoms with Crippen LogP contribution >= 0.6 is 27.5 Å². The topological polar surface area (TPSA) is 51.0 Å². The number of furan rings is 1. The summed E-state index contributed by atoms with van der Waals surface area (Å²) >= 11 is 9.29. The molecule has 1 aliphatic carbocycles. The quantitative estimate of drug-likeness (QED) is 0.834. The van der Waals surface area contributed by atoms with Crippen molar-refractivity contribution in [2.45, 2.75) is 25.2 Å². The third kappa shape index (κ3) is 3.48. The van der Waals surface area contributed by atoms with Gasteiger partial charge in [0, 0.05) is 24.9 Å². The van der Waals surface area contributed by atoms with Crippen LogP contribution in [-0.4, -0.2) is 16.5 Å². The van der Waals surface area contributed by atoms with Gasteiger partial charge in [0.2, 0.25) is 0 Å². The predicted molar refractivity (Wildman–Crippen MR) is 77.6 cm³/mol. The molecular weight excluding hydrogens is 330 g/mol. The van der Waals surface area contributed by atoms with Gasteiger partial charge in [-0.2, -0.15) is 0 Å². The largest absolute Gasteiger partial charge is 0.454 e. The molecule has 0 radical (unpaired) electrons. The first kappa shape index (κ1) is 12.9. The van der Waals surface area contributed by atoms with E-state index in [1.807, 2.05) is 12.1 Å². The lowest BCUT2D eigenvalue weighted by Crippen LogP contribution is -2.07. The smallest absolute Gasteiger partial charge is 0.169 e. The van der Waals surface area contributed by atoms with Crippen LogP contribution in [0, 0.1) is 0 Å². The average molecular weight is 343 g/mol. The van der Waals surface area contributed by atoms with E-state index in [0.717, 1.165) is 35.0 Å². The summed E-state index contributed by atoms with van der Waals surface area (Å²) in [5.41, 5.74) is 0. The molecule has 0 spiro atoms. The molecule has 0 aliphatic heterocycles. The first-order chi connectivity index (χ1) is 9.20. The van der Waals surface area contributed by atoms with Crippen molar-refractivity contribution in [3.63, 3.8) is 0 Å². The second-order valence-electron chi connectivity index (χ2n) is 4.59. The Labute approximate surface area is 124 Å². The van der Waals surface area contributed by atoms with E-state index in [1.165, 1.54) is 12.8 Å². The van der Waals surface area contributed by atoms with Gasteiger partial charge in [-0.1, -0.05) is 11.6 Å². The SMILES string of the molecule is Clc1cc(NCCc2ccc(Br)o2)nc(C2CC2)n1. The van der Waals surface area contributed by atoms with Crippen LogP contribution in [-0.2, 0) is 6.42 Å². The van der Waals surface area contributed by atoms with E-state index in [-0.39, 0.29) is 0 Å². The summed E-state index contributed by atoms with van der Waals surface area (Å²) < 4.78 is 6.19. The van der Waals surface area contributed by atoms with E-state index < -0.39 is 0 Å². The van der Waals surface area contributed by atoms with Gasteiger partial charge in [-0.05, 0) is 40.9 Å². The van der Waals surface area contributed by atoms with Crippen molar-refractivity contribution in [1.29, 1.82) is 0 Å². The molecule has 0 bridgehead atoms. The zero-order valence-electron chi connectivity index (χ0n) is 10.2. The van der Waals surface area contributed by atoms with Crippen LogP contribution < -0.4 is 5.32 Å². The molecule has 1 saturated carbocycles. The highest BCUT2D eigenvalue weighted by Crippen LogP contribution is 2.38. The summed E-state index contributed by atoms with van der Waals surface area (Å²) in [7, 11) is 0. The number of nitrogens with one attached hydrogen (secondary N) is 1. The maximum atomic E-state index is 6.01. The fourth-order valence-electron chi connectivity index (χ4n) is 1.85. The van der Waals surface area contributed by atoms with Gasteiger partial charge in [-0.15, -0.1) is 0 Å². The Hall–Kier alpha value is -1.07. The number of rotatable bonds is 5. The van der Waals surface area contributed by atoms with Crippen molar-refractivity contribution < 1.29 is 4.42 Å². The molecule has 19 heavy (non-hydrogen) atoms. The molecular formula is C13H13BrClN3O. The summed E-state index contributed by atoms with van der Waals surface area (Å²) in [5.74, 6) is 3.07. The molecule has 1 fully saturated rings. The average Bonchev–Trinajstić information content (AvgIpc) is 3.13. The number of aromatic nitrogens is 2. The zero-order chi connectivity index (χ0) is 13.2. The molecule has 1 N–H and O–H groups in total.